The molecule has 8 heteroatoms. The normalized spacial score (nSPS) is 18.5. The number of carboxylic acid groups (broad SMARTS) is 2. The second-order valence-electron chi connectivity index (χ2n) is 4.00. The SMILES string of the molecule is Nc1sc2c(c1C(=O)O)CC(CO)N(C(=O)O)C2. The molecule has 1 aliphatic rings. The van der Waals surface area contributed by atoms with Crippen LogP contribution in [0.4, 0.5) is 9.80 Å². The number of carboxylic acids is 1. The van der Waals surface area contributed by atoms with Gasteiger partial charge >= 0.3 is 12.1 Å². The zero-order valence-corrected chi connectivity index (χ0v) is 10.1. The molecule has 2 heterocycles. The van der Waals surface area contributed by atoms with E-state index in [1.165, 1.54) is 0 Å². The summed E-state index contributed by atoms with van der Waals surface area (Å²) >= 11 is 1.09. The van der Waals surface area contributed by atoms with E-state index in [1.807, 2.05) is 0 Å². The molecule has 98 valence electrons. The first-order chi connectivity index (χ1) is 8.45. The number of hydrogen-bond donors (Lipinski definition) is 4. The van der Waals surface area contributed by atoms with E-state index < -0.39 is 18.1 Å². The van der Waals surface area contributed by atoms with Gasteiger partial charge in [-0.2, -0.15) is 0 Å². The van der Waals surface area contributed by atoms with Crippen molar-refractivity contribution in [1.82, 2.24) is 4.90 Å². The van der Waals surface area contributed by atoms with Crippen molar-refractivity contribution in [2.45, 2.75) is 19.0 Å². The fourth-order valence-corrected chi connectivity index (χ4v) is 3.22. The maximum atomic E-state index is 11.1. The lowest BCUT2D eigenvalue weighted by Crippen LogP contribution is -2.45. The van der Waals surface area contributed by atoms with Crippen LogP contribution in [0.15, 0.2) is 0 Å². The third-order valence-corrected chi connectivity index (χ3v) is 4.03. The first kappa shape index (κ1) is 12.7. The fourth-order valence-electron chi connectivity index (χ4n) is 2.13. The minimum Gasteiger partial charge on any atom is -0.478 e. The quantitative estimate of drug-likeness (QED) is 0.618. The molecule has 1 unspecified atom stereocenters. The summed E-state index contributed by atoms with van der Waals surface area (Å²) in [6, 6.07) is -0.623. The van der Waals surface area contributed by atoms with Gasteiger partial charge in [-0.25, -0.2) is 9.59 Å². The van der Waals surface area contributed by atoms with E-state index in [-0.39, 0.29) is 30.1 Å². The minimum atomic E-state index is -1.14. The Morgan fingerprint density at radius 3 is 2.61 bits per heavy atom. The summed E-state index contributed by atoms with van der Waals surface area (Å²) in [5, 5.41) is 27.5. The Morgan fingerprint density at radius 2 is 2.11 bits per heavy atom. The number of aliphatic hydroxyl groups is 1. The second-order valence-corrected chi connectivity index (χ2v) is 5.14. The highest BCUT2D eigenvalue weighted by molar-refractivity contribution is 7.16. The lowest BCUT2D eigenvalue weighted by Gasteiger charge is -2.32. The molecule has 1 aliphatic heterocycles. The van der Waals surface area contributed by atoms with Gasteiger partial charge in [0, 0.05) is 4.88 Å². The number of aromatic carboxylic acids is 1. The first-order valence-corrected chi connectivity index (χ1v) is 6.01. The van der Waals surface area contributed by atoms with E-state index in [9.17, 15) is 14.7 Å². The predicted molar refractivity (Wildman–Crippen MR) is 63.8 cm³/mol. The van der Waals surface area contributed by atoms with Crippen LogP contribution in [0.3, 0.4) is 0 Å². The molecule has 0 saturated carbocycles. The molecule has 1 atom stereocenters. The van der Waals surface area contributed by atoms with Gasteiger partial charge in [0.25, 0.3) is 0 Å². The number of nitrogen functional groups attached to an aromatic ring is 1. The van der Waals surface area contributed by atoms with Crippen molar-refractivity contribution in [2.24, 2.45) is 0 Å². The number of thiophene rings is 1. The molecule has 0 aromatic carbocycles. The topological polar surface area (TPSA) is 124 Å². The Labute approximate surface area is 106 Å². The third kappa shape index (κ3) is 1.89. The number of hydrogen-bond acceptors (Lipinski definition) is 5. The maximum Gasteiger partial charge on any atom is 0.407 e. The number of nitrogens with zero attached hydrogens (tertiary/aromatic N) is 1. The Morgan fingerprint density at radius 1 is 1.44 bits per heavy atom. The van der Waals surface area contributed by atoms with Crippen LogP contribution in [0.2, 0.25) is 0 Å². The molecule has 0 bridgehead atoms. The van der Waals surface area contributed by atoms with Crippen molar-refractivity contribution in [3.63, 3.8) is 0 Å². The zero-order valence-electron chi connectivity index (χ0n) is 9.29. The molecule has 18 heavy (non-hydrogen) atoms. The van der Waals surface area contributed by atoms with Gasteiger partial charge in [0.1, 0.15) is 5.00 Å². The van der Waals surface area contributed by atoms with Crippen molar-refractivity contribution < 1.29 is 24.9 Å². The molecule has 0 radical (unpaired) electrons. The van der Waals surface area contributed by atoms with Crippen molar-refractivity contribution in [3.8, 4) is 0 Å². The maximum absolute atomic E-state index is 11.1. The third-order valence-electron chi connectivity index (χ3n) is 2.98. The standard InChI is InChI=1S/C10H12N2O5S/c11-8-7(9(14)15)5-1-4(3-13)12(10(16)17)2-6(5)18-8/h4,13H,1-3,11H2,(H,14,15)(H,16,17). The van der Waals surface area contributed by atoms with Crippen LogP contribution < -0.4 is 5.73 Å². The lowest BCUT2D eigenvalue weighted by molar-refractivity contribution is 0.0693. The molecular weight excluding hydrogens is 260 g/mol. The van der Waals surface area contributed by atoms with Crippen LogP contribution in [0.25, 0.3) is 0 Å². The van der Waals surface area contributed by atoms with Crippen molar-refractivity contribution in [3.05, 3.63) is 16.0 Å². The molecule has 5 N–H and O–H groups in total. The number of fused-ring (bicyclic) bond motifs is 1. The number of nitrogens with two attached hydrogens (primary N) is 1. The number of amides is 1. The summed E-state index contributed by atoms with van der Waals surface area (Å²) in [6.07, 6.45) is -0.962. The van der Waals surface area contributed by atoms with Gasteiger partial charge in [-0.05, 0) is 12.0 Å². The highest BCUT2D eigenvalue weighted by Crippen LogP contribution is 2.36. The van der Waals surface area contributed by atoms with Crippen LogP contribution in [0, 0.1) is 0 Å². The Bertz CT molecular complexity index is 513. The largest absolute Gasteiger partial charge is 0.478 e. The highest BCUT2D eigenvalue weighted by atomic mass is 32.1. The smallest absolute Gasteiger partial charge is 0.407 e. The summed E-state index contributed by atoms with van der Waals surface area (Å²) in [5.41, 5.74) is 6.22. The molecule has 0 saturated heterocycles. The number of rotatable bonds is 2. The Balaban J connectivity index is 2.45. The Kier molecular flexibility index (Phi) is 3.14. The Hall–Kier alpha value is -1.80. The number of anilines is 1. The van der Waals surface area contributed by atoms with E-state index in [4.69, 9.17) is 15.9 Å². The van der Waals surface area contributed by atoms with Gasteiger partial charge in [0.15, 0.2) is 0 Å². The molecule has 1 amide bonds. The van der Waals surface area contributed by atoms with Gasteiger partial charge in [-0.15, -0.1) is 11.3 Å². The first-order valence-electron chi connectivity index (χ1n) is 5.19. The monoisotopic (exact) mass is 272 g/mol. The van der Waals surface area contributed by atoms with Crippen LogP contribution >= 0.6 is 11.3 Å². The summed E-state index contributed by atoms with van der Waals surface area (Å²) in [5.74, 6) is -1.12. The molecule has 0 aliphatic carbocycles. The zero-order chi connectivity index (χ0) is 13.4. The number of carbonyl (C=O) groups is 2. The predicted octanol–water partition coefficient (Wildman–Crippen LogP) is 0.426. The van der Waals surface area contributed by atoms with Crippen molar-refractivity contribution in [1.29, 1.82) is 0 Å². The lowest BCUT2D eigenvalue weighted by atomic mass is 9.97. The minimum absolute atomic E-state index is 0.0403. The number of aliphatic hydroxyl groups excluding tert-OH is 1. The second kappa shape index (κ2) is 4.46. The summed E-state index contributed by atoms with van der Waals surface area (Å²) < 4.78 is 0. The molecule has 0 spiro atoms. The van der Waals surface area contributed by atoms with Gasteiger partial charge in [-0.1, -0.05) is 0 Å². The van der Waals surface area contributed by atoms with Gasteiger partial charge < -0.3 is 21.1 Å². The van der Waals surface area contributed by atoms with Gasteiger partial charge in [0.2, 0.25) is 0 Å². The van der Waals surface area contributed by atoms with E-state index in [1.54, 1.807) is 0 Å². The van der Waals surface area contributed by atoms with Gasteiger partial charge in [0.05, 0.1) is 24.8 Å². The van der Waals surface area contributed by atoms with Crippen LogP contribution in [-0.2, 0) is 13.0 Å². The van der Waals surface area contributed by atoms with Crippen LogP contribution in [-0.4, -0.2) is 44.9 Å². The van der Waals surface area contributed by atoms with Crippen LogP contribution in [0.1, 0.15) is 20.8 Å². The van der Waals surface area contributed by atoms with Crippen molar-refractivity contribution >= 4 is 28.4 Å². The summed E-state index contributed by atoms with van der Waals surface area (Å²) in [6.45, 7) is -0.279. The van der Waals surface area contributed by atoms with E-state index >= 15 is 0 Å². The molecule has 0 fully saturated rings. The van der Waals surface area contributed by atoms with E-state index in [0.29, 0.717) is 10.4 Å². The average Bonchev–Trinajstić information content (AvgIpc) is 2.61. The van der Waals surface area contributed by atoms with E-state index in [2.05, 4.69) is 0 Å². The molecule has 1 aromatic heterocycles. The van der Waals surface area contributed by atoms with Crippen LogP contribution in [0.5, 0.6) is 0 Å². The fraction of sp³-hybridized carbons (Fsp3) is 0.400. The summed E-state index contributed by atoms with van der Waals surface area (Å²) in [7, 11) is 0. The molecular formula is C10H12N2O5S. The van der Waals surface area contributed by atoms with E-state index in [0.717, 1.165) is 16.2 Å². The van der Waals surface area contributed by atoms with Gasteiger partial charge in [-0.3, -0.25) is 4.90 Å². The highest BCUT2D eigenvalue weighted by Gasteiger charge is 2.34. The average molecular weight is 272 g/mol. The molecule has 2 rings (SSSR count). The molecule has 7 nitrogen and oxygen atoms in total. The van der Waals surface area contributed by atoms with Crippen molar-refractivity contribution in [2.75, 3.05) is 12.3 Å². The molecule has 1 aromatic rings. The summed E-state index contributed by atoms with van der Waals surface area (Å²) in [4.78, 5) is 23.9.